The minimum Gasteiger partial charge on any atom is -0.255 e. The van der Waals surface area contributed by atoms with Crippen molar-refractivity contribution in [3.63, 3.8) is 0 Å². The van der Waals surface area contributed by atoms with Gasteiger partial charge in [-0.05, 0) is 23.6 Å². The number of hydrogen-bond acceptors (Lipinski definition) is 3. The summed E-state index contributed by atoms with van der Waals surface area (Å²) in [6.07, 6.45) is 1.95. The number of fused-ring (bicyclic) bond motifs is 2. The SMILES string of the molecule is C1=Nc2ccccc2Sc2sccc21. The molecule has 14 heavy (non-hydrogen) atoms. The van der Waals surface area contributed by atoms with Gasteiger partial charge < -0.3 is 0 Å². The first-order valence-electron chi connectivity index (χ1n) is 4.32. The summed E-state index contributed by atoms with van der Waals surface area (Å²) < 4.78 is 1.33. The molecule has 0 saturated carbocycles. The van der Waals surface area contributed by atoms with Crippen LogP contribution in [-0.2, 0) is 0 Å². The zero-order valence-corrected chi connectivity index (χ0v) is 8.94. The standard InChI is InChI=1S/C11H7NS2/c1-2-4-10-9(3-1)12-7-8-5-6-13-11(8)14-10/h1-7H. The van der Waals surface area contributed by atoms with E-state index in [9.17, 15) is 0 Å². The maximum absolute atomic E-state index is 4.46. The predicted octanol–water partition coefficient (Wildman–Crippen LogP) is 3.96. The molecule has 0 atom stereocenters. The Balaban J connectivity index is 2.19. The maximum atomic E-state index is 4.46. The third-order valence-electron chi connectivity index (χ3n) is 2.07. The van der Waals surface area contributed by atoms with Crippen LogP contribution in [0.5, 0.6) is 0 Å². The van der Waals surface area contributed by atoms with Crippen LogP contribution in [0.1, 0.15) is 5.56 Å². The highest BCUT2D eigenvalue weighted by molar-refractivity contribution is 8.01. The lowest BCUT2D eigenvalue weighted by Crippen LogP contribution is -1.73. The van der Waals surface area contributed by atoms with Gasteiger partial charge in [0.05, 0.1) is 9.90 Å². The fraction of sp³-hybridized carbons (Fsp3) is 0. The molecule has 1 aromatic heterocycles. The molecule has 0 aliphatic carbocycles. The molecule has 0 N–H and O–H groups in total. The topological polar surface area (TPSA) is 12.4 Å². The minimum absolute atomic E-state index is 1.07. The molecule has 0 radical (unpaired) electrons. The number of benzene rings is 1. The van der Waals surface area contributed by atoms with Gasteiger partial charge in [0.2, 0.25) is 0 Å². The largest absolute Gasteiger partial charge is 0.255 e. The van der Waals surface area contributed by atoms with E-state index in [2.05, 4.69) is 34.6 Å². The molecule has 3 rings (SSSR count). The Morgan fingerprint density at radius 2 is 2.00 bits per heavy atom. The molecule has 3 heteroatoms. The molecule has 1 nitrogen and oxygen atoms in total. The molecule has 2 heterocycles. The summed E-state index contributed by atoms with van der Waals surface area (Å²) in [7, 11) is 0. The van der Waals surface area contributed by atoms with Crippen molar-refractivity contribution in [2.75, 3.05) is 0 Å². The first-order valence-corrected chi connectivity index (χ1v) is 6.01. The van der Waals surface area contributed by atoms with Crippen LogP contribution in [-0.4, -0.2) is 6.21 Å². The highest BCUT2D eigenvalue weighted by Crippen LogP contribution is 2.40. The van der Waals surface area contributed by atoms with Crippen molar-refractivity contribution in [3.05, 3.63) is 41.3 Å². The zero-order valence-electron chi connectivity index (χ0n) is 7.31. The second-order valence-electron chi connectivity index (χ2n) is 2.99. The van der Waals surface area contributed by atoms with Crippen LogP contribution in [0.15, 0.2) is 49.8 Å². The van der Waals surface area contributed by atoms with Gasteiger partial charge in [-0.15, -0.1) is 11.3 Å². The normalized spacial score (nSPS) is 13.1. The minimum atomic E-state index is 1.07. The van der Waals surface area contributed by atoms with Crippen LogP contribution in [0.4, 0.5) is 5.69 Å². The van der Waals surface area contributed by atoms with E-state index in [1.165, 1.54) is 14.7 Å². The second-order valence-corrected chi connectivity index (χ2v) is 5.22. The summed E-state index contributed by atoms with van der Waals surface area (Å²) in [5, 5.41) is 2.11. The van der Waals surface area contributed by atoms with Gasteiger partial charge in [0, 0.05) is 16.7 Å². The van der Waals surface area contributed by atoms with Gasteiger partial charge in [-0.25, -0.2) is 0 Å². The first kappa shape index (κ1) is 8.26. The fourth-order valence-corrected chi connectivity index (χ4v) is 3.41. The van der Waals surface area contributed by atoms with Crippen molar-refractivity contribution in [1.29, 1.82) is 0 Å². The molecule has 68 valence electrons. The summed E-state index contributed by atoms with van der Waals surface area (Å²) >= 11 is 3.58. The fourth-order valence-electron chi connectivity index (χ4n) is 1.37. The van der Waals surface area contributed by atoms with Gasteiger partial charge in [-0.3, -0.25) is 4.99 Å². The molecular weight excluding hydrogens is 210 g/mol. The van der Waals surface area contributed by atoms with Crippen LogP contribution < -0.4 is 0 Å². The van der Waals surface area contributed by atoms with Gasteiger partial charge in [-0.1, -0.05) is 23.9 Å². The molecule has 0 saturated heterocycles. The lowest BCUT2D eigenvalue weighted by Gasteiger charge is -1.99. The Morgan fingerprint density at radius 1 is 1.07 bits per heavy atom. The molecule has 0 bridgehead atoms. The number of nitrogens with zero attached hydrogens (tertiary/aromatic N) is 1. The van der Waals surface area contributed by atoms with E-state index in [-0.39, 0.29) is 0 Å². The molecule has 1 aliphatic heterocycles. The van der Waals surface area contributed by atoms with Crippen LogP contribution >= 0.6 is 23.1 Å². The van der Waals surface area contributed by atoms with Crippen molar-refractivity contribution in [3.8, 4) is 0 Å². The summed E-state index contributed by atoms with van der Waals surface area (Å²) in [6.45, 7) is 0. The van der Waals surface area contributed by atoms with E-state index in [0.29, 0.717) is 0 Å². The van der Waals surface area contributed by atoms with Crippen molar-refractivity contribution in [2.45, 2.75) is 9.10 Å². The average Bonchev–Trinajstić information content (AvgIpc) is 2.58. The van der Waals surface area contributed by atoms with E-state index in [1.807, 2.05) is 12.3 Å². The van der Waals surface area contributed by atoms with Crippen LogP contribution in [0, 0.1) is 0 Å². The van der Waals surface area contributed by atoms with Gasteiger partial charge in [0.15, 0.2) is 0 Å². The van der Waals surface area contributed by atoms with Crippen molar-refractivity contribution < 1.29 is 0 Å². The smallest absolute Gasteiger partial charge is 0.0769 e. The van der Waals surface area contributed by atoms with E-state index >= 15 is 0 Å². The Hall–Kier alpha value is -1.06. The van der Waals surface area contributed by atoms with Crippen molar-refractivity contribution >= 4 is 35.0 Å². The average molecular weight is 217 g/mol. The molecular formula is C11H7NS2. The Morgan fingerprint density at radius 3 is 3.00 bits per heavy atom. The molecule has 0 fully saturated rings. The van der Waals surface area contributed by atoms with E-state index in [1.54, 1.807) is 23.1 Å². The number of hydrogen-bond donors (Lipinski definition) is 0. The van der Waals surface area contributed by atoms with E-state index < -0.39 is 0 Å². The Labute approximate surface area is 90.5 Å². The van der Waals surface area contributed by atoms with Gasteiger partial charge >= 0.3 is 0 Å². The summed E-state index contributed by atoms with van der Waals surface area (Å²) in [4.78, 5) is 5.70. The zero-order chi connectivity index (χ0) is 9.38. The van der Waals surface area contributed by atoms with Gasteiger partial charge in [0.25, 0.3) is 0 Å². The van der Waals surface area contributed by atoms with Crippen LogP contribution in [0.3, 0.4) is 0 Å². The highest BCUT2D eigenvalue weighted by atomic mass is 32.2. The summed E-state index contributed by atoms with van der Waals surface area (Å²) in [6, 6.07) is 10.4. The third kappa shape index (κ3) is 1.29. The second kappa shape index (κ2) is 3.26. The highest BCUT2D eigenvalue weighted by Gasteiger charge is 2.10. The maximum Gasteiger partial charge on any atom is 0.0769 e. The monoisotopic (exact) mass is 217 g/mol. The number of para-hydroxylation sites is 1. The summed E-state index contributed by atoms with van der Waals surface area (Å²) in [5.41, 5.74) is 2.30. The van der Waals surface area contributed by atoms with Gasteiger partial charge in [0.1, 0.15) is 0 Å². The molecule has 2 aromatic rings. The predicted molar refractivity (Wildman–Crippen MR) is 62.1 cm³/mol. The number of rotatable bonds is 0. The molecule has 0 spiro atoms. The molecule has 1 aromatic carbocycles. The lowest BCUT2D eigenvalue weighted by molar-refractivity contribution is 1.39. The first-order chi connectivity index (χ1) is 6.93. The van der Waals surface area contributed by atoms with Crippen LogP contribution in [0.25, 0.3) is 0 Å². The molecule has 0 unspecified atom stereocenters. The molecule has 0 amide bonds. The van der Waals surface area contributed by atoms with Crippen molar-refractivity contribution in [2.24, 2.45) is 4.99 Å². The van der Waals surface area contributed by atoms with E-state index in [4.69, 9.17) is 0 Å². The summed E-state index contributed by atoms with van der Waals surface area (Å²) in [5.74, 6) is 0. The number of aliphatic imine (C=N–C) groups is 1. The quantitative estimate of drug-likeness (QED) is 0.555. The lowest BCUT2D eigenvalue weighted by atomic mass is 10.3. The van der Waals surface area contributed by atoms with Crippen molar-refractivity contribution in [1.82, 2.24) is 0 Å². The van der Waals surface area contributed by atoms with E-state index in [0.717, 1.165) is 5.69 Å². The number of thiophene rings is 1. The van der Waals surface area contributed by atoms with Gasteiger partial charge in [-0.2, -0.15) is 0 Å². The third-order valence-corrected chi connectivity index (χ3v) is 4.32. The van der Waals surface area contributed by atoms with Crippen LogP contribution in [0.2, 0.25) is 0 Å². The Kier molecular flexibility index (Phi) is 1.92. The Bertz CT molecular complexity index is 499. The molecule has 1 aliphatic rings.